The fraction of sp³-hybridized carbons (Fsp3) is 0.0238. The Labute approximate surface area is 257 Å². The van der Waals surface area contributed by atoms with Crippen molar-refractivity contribution in [3.8, 4) is 50.3 Å². The van der Waals surface area contributed by atoms with Crippen molar-refractivity contribution < 1.29 is 0 Å². The molecule has 0 fully saturated rings. The van der Waals surface area contributed by atoms with Gasteiger partial charge in [0.15, 0.2) is 0 Å². The number of aromatic nitrogens is 2. The molecular formula is C42H30N2. The molecular weight excluding hydrogens is 532 g/mol. The molecule has 0 amide bonds. The first-order valence-electron chi connectivity index (χ1n) is 15.1. The molecule has 0 unspecified atom stereocenters. The van der Waals surface area contributed by atoms with E-state index in [9.17, 15) is 0 Å². The van der Waals surface area contributed by atoms with Crippen LogP contribution in [-0.4, -0.2) is 9.55 Å². The number of hydrogen-bond donors (Lipinski definition) is 0. The average Bonchev–Trinajstić information content (AvgIpc) is 3.43. The van der Waals surface area contributed by atoms with Crippen molar-refractivity contribution in [2.45, 2.75) is 6.92 Å². The Bertz CT molecular complexity index is 2270. The zero-order chi connectivity index (χ0) is 29.5. The second kappa shape index (κ2) is 10.8. The summed E-state index contributed by atoms with van der Waals surface area (Å²) in [5, 5.41) is 2.53. The lowest BCUT2D eigenvalue weighted by Gasteiger charge is -2.10. The average molecular weight is 563 g/mol. The molecule has 2 aromatic heterocycles. The molecule has 0 aliphatic heterocycles. The normalized spacial score (nSPS) is 11.3. The van der Waals surface area contributed by atoms with Crippen LogP contribution in [0.4, 0.5) is 0 Å². The van der Waals surface area contributed by atoms with Gasteiger partial charge in [-0.25, -0.2) is 0 Å². The maximum Gasteiger partial charge on any atom is 0.0705 e. The molecule has 2 nitrogen and oxygen atoms in total. The van der Waals surface area contributed by atoms with Crippen LogP contribution in [-0.2, 0) is 0 Å². The zero-order valence-corrected chi connectivity index (χ0v) is 24.5. The lowest BCUT2D eigenvalue weighted by Crippen LogP contribution is -1.92. The Morgan fingerprint density at radius 2 is 0.932 bits per heavy atom. The molecule has 0 saturated carbocycles. The monoisotopic (exact) mass is 562 g/mol. The van der Waals surface area contributed by atoms with Crippen LogP contribution >= 0.6 is 0 Å². The van der Waals surface area contributed by atoms with Gasteiger partial charge in [-0.3, -0.25) is 4.98 Å². The first-order chi connectivity index (χ1) is 21.7. The standard InChI is InChI=1S/C42H30N2/c1-29-10-7-18-40(43-29)36-14-9-12-33(27-36)31-22-20-30(21-23-31)32-11-8-13-34(26-32)35-24-25-42-39(28-35)38-17-5-6-19-41(38)44(42)37-15-3-2-4-16-37/h2-28H,1H3. The van der Waals surface area contributed by atoms with E-state index in [1.807, 2.05) is 13.0 Å². The molecule has 2 heteroatoms. The number of benzene rings is 6. The number of aryl methyl sites for hydroxylation is 1. The topological polar surface area (TPSA) is 17.8 Å². The quantitative estimate of drug-likeness (QED) is 0.204. The second-order valence-corrected chi connectivity index (χ2v) is 11.3. The molecule has 0 bridgehead atoms. The van der Waals surface area contributed by atoms with Gasteiger partial charge in [0, 0.05) is 27.7 Å². The minimum Gasteiger partial charge on any atom is -0.309 e. The van der Waals surface area contributed by atoms with Crippen molar-refractivity contribution in [3.63, 3.8) is 0 Å². The first kappa shape index (κ1) is 25.9. The van der Waals surface area contributed by atoms with Gasteiger partial charge in [0.25, 0.3) is 0 Å². The summed E-state index contributed by atoms with van der Waals surface area (Å²) in [6.45, 7) is 2.03. The van der Waals surface area contributed by atoms with Crippen LogP contribution in [0.3, 0.4) is 0 Å². The van der Waals surface area contributed by atoms with Crippen LogP contribution in [0.25, 0.3) is 72.1 Å². The fourth-order valence-corrected chi connectivity index (χ4v) is 6.30. The molecule has 208 valence electrons. The fourth-order valence-electron chi connectivity index (χ4n) is 6.30. The molecule has 0 spiro atoms. The predicted octanol–water partition coefficient (Wildman–Crippen LogP) is 11.2. The van der Waals surface area contributed by atoms with Gasteiger partial charge in [0.05, 0.1) is 16.7 Å². The summed E-state index contributed by atoms with van der Waals surface area (Å²) in [6, 6.07) is 58.7. The highest BCUT2D eigenvalue weighted by atomic mass is 15.0. The molecule has 0 radical (unpaired) electrons. The summed E-state index contributed by atoms with van der Waals surface area (Å²) in [6.07, 6.45) is 0. The SMILES string of the molecule is Cc1cccc(-c2cccc(-c3ccc(-c4cccc(-c5ccc6c(c5)c5ccccc5n6-c5ccccc5)c4)cc3)c2)n1. The van der Waals surface area contributed by atoms with Gasteiger partial charge in [-0.05, 0) is 94.9 Å². The van der Waals surface area contributed by atoms with E-state index in [2.05, 4.69) is 162 Å². The molecule has 0 aliphatic rings. The van der Waals surface area contributed by atoms with Gasteiger partial charge in [0.2, 0.25) is 0 Å². The highest BCUT2D eigenvalue weighted by molar-refractivity contribution is 6.10. The van der Waals surface area contributed by atoms with Gasteiger partial charge < -0.3 is 4.57 Å². The smallest absolute Gasteiger partial charge is 0.0705 e. The number of pyridine rings is 1. The number of rotatable bonds is 5. The van der Waals surface area contributed by atoms with E-state index in [4.69, 9.17) is 4.98 Å². The van der Waals surface area contributed by atoms with E-state index in [0.29, 0.717) is 0 Å². The number of nitrogens with zero attached hydrogens (tertiary/aromatic N) is 2. The maximum absolute atomic E-state index is 4.71. The van der Waals surface area contributed by atoms with Crippen molar-refractivity contribution in [3.05, 3.63) is 169 Å². The summed E-state index contributed by atoms with van der Waals surface area (Å²) in [7, 11) is 0. The highest BCUT2D eigenvalue weighted by Gasteiger charge is 2.13. The van der Waals surface area contributed by atoms with E-state index < -0.39 is 0 Å². The highest BCUT2D eigenvalue weighted by Crippen LogP contribution is 2.36. The van der Waals surface area contributed by atoms with Crippen molar-refractivity contribution >= 4 is 21.8 Å². The van der Waals surface area contributed by atoms with E-state index in [0.717, 1.165) is 17.0 Å². The lowest BCUT2D eigenvalue weighted by atomic mass is 9.96. The van der Waals surface area contributed by atoms with Gasteiger partial charge in [0.1, 0.15) is 0 Å². The van der Waals surface area contributed by atoms with Gasteiger partial charge in [-0.2, -0.15) is 0 Å². The van der Waals surface area contributed by atoms with Crippen LogP contribution in [0.15, 0.2) is 164 Å². The van der Waals surface area contributed by atoms with E-state index >= 15 is 0 Å². The molecule has 0 aliphatic carbocycles. The third kappa shape index (κ3) is 4.67. The molecule has 8 rings (SSSR count). The molecule has 0 N–H and O–H groups in total. The molecule has 0 atom stereocenters. The van der Waals surface area contributed by atoms with Crippen LogP contribution < -0.4 is 0 Å². The summed E-state index contributed by atoms with van der Waals surface area (Å²) < 4.78 is 2.36. The molecule has 44 heavy (non-hydrogen) atoms. The van der Waals surface area contributed by atoms with Crippen LogP contribution in [0.5, 0.6) is 0 Å². The van der Waals surface area contributed by atoms with Crippen molar-refractivity contribution in [2.24, 2.45) is 0 Å². The number of fused-ring (bicyclic) bond motifs is 3. The van der Waals surface area contributed by atoms with E-state index in [1.54, 1.807) is 0 Å². The second-order valence-electron chi connectivity index (χ2n) is 11.3. The molecule has 2 heterocycles. The summed E-state index contributed by atoms with van der Waals surface area (Å²) in [4.78, 5) is 4.71. The van der Waals surface area contributed by atoms with Crippen molar-refractivity contribution in [1.29, 1.82) is 0 Å². The Balaban J connectivity index is 1.13. The van der Waals surface area contributed by atoms with Gasteiger partial charge in [-0.1, -0.05) is 109 Å². The predicted molar refractivity (Wildman–Crippen MR) is 185 cm³/mol. The first-order valence-corrected chi connectivity index (χ1v) is 15.1. The Hall–Kier alpha value is -5.73. The zero-order valence-electron chi connectivity index (χ0n) is 24.5. The Morgan fingerprint density at radius 3 is 1.66 bits per heavy atom. The van der Waals surface area contributed by atoms with Crippen molar-refractivity contribution in [1.82, 2.24) is 9.55 Å². The summed E-state index contributed by atoms with van der Waals surface area (Å²) in [5.74, 6) is 0. The third-order valence-electron chi connectivity index (χ3n) is 8.48. The third-order valence-corrected chi connectivity index (χ3v) is 8.48. The van der Waals surface area contributed by atoms with Gasteiger partial charge in [-0.15, -0.1) is 0 Å². The van der Waals surface area contributed by atoms with Crippen LogP contribution in [0.2, 0.25) is 0 Å². The summed E-state index contributed by atoms with van der Waals surface area (Å²) >= 11 is 0. The number of hydrogen-bond acceptors (Lipinski definition) is 1. The minimum absolute atomic E-state index is 1.00. The van der Waals surface area contributed by atoms with Crippen LogP contribution in [0.1, 0.15) is 5.69 Å². The largest absolute Gasteiger partial charge is 0.309 e. The minimum atomic E-state index is 1.00. The van der Waals surface area contributed by atoms with E-state index in [1.165, 1.54) is 60.9 Å². The van der Waals surface area contributed by atoms with E-state index in [-0.39, 0.29) is 0 Å². The van der Waals surface area contributed by atoms with Gasteiger partial charge >= 0.3 is 0 Å². The maximum atomic E-state index is 4.71. The lowest BCUT2D eigenvalue weighted by molar-refractivity contribution is 1.18. The van der Waals surface area contributed by atoms with Crippen molar-refractivity contribution in [2.75, 3.05) is 0 Å². The number of para-hydroxylation sites is 2. The molecule has 6 aromatic carbocycles. The summed E-state index contributed by atoms with van der Waals surface area (Å²) in [5.41, 5.74) is 14.0. The van der Waals surface area contributed by atoms with Crippen LogP contribution in [0, 0.1) is 6.92 Å². The Kier molecular flexibility index (Phi) is 6.39. The Morgan fingerprint density at radius 1 is 0.386 bits per heavy atom. The molecule has 0 saturated heterocycles. The molecule has 8 aromatic rings.